The van der Waals surface area contributed by atoms with Gasteiger partial charge < -0.3 is 9.47 Å². The van der Waals surface area contributed by atoms with Gasteiger partial charge in [0.2, 0.25) is 5.60 Å². The molecule has 0 aromatic heterocycles. The van der Waals surface area contributed by atoms with Crippen molar-refractivity contribution in [2.24, 2.45) is 0 Å². The summed E-state index contributed by atoms with van der Waals surface area (Å²) in [5.41, 5.74) is 2.15. The minimum Gasteiger partial charge on any atom is -0.497 e. The van der Waals surface area contributed by atoms with Crippen LogP contribution in [0.2, 0.25) is 0 Å². The van der Waals surface area contributed by atoms with Crippen LogP contribution in [0.5, 0.6) is 11.5 Å². The van der Waals surface area contributed by atoms with Crippen molar-refractivity contribution in [2.75, 3.05) is 14.2 Å². The number of methoxy groups -OCH3 is 2. The second kappa shape index (κ2) is 9.04. The number of carbonyl (C=O) groups excluding carboxylic acids is 1. The number of nitrogens with zero attached hydrogens (tertiary/aromatic N) is 1. The Hall–Kier alpha value is -4.09. The van der Waals surface area contributed by atoms with E-state index in [4.69, 9.17) is 14.3 Å². The van der Waals surface area contributed by atoms with E-state index in [0.717, 1.165) is 22.3 Å². The molecule has 1 saturated heterocycles. The molecule has 0 spiro atoms. The second-order valence-electron chi connectivity index (χ2n) is 8.08. The van der Waals surface area contributed by atoms with Crippen LogP contribution in [-0.4, -0.2) is 25.2 Å². The summed E-state index contributed by atoms with van der Waals surface area (Å²) in [6, 6.07) is 34.3. The number of hydrogen-bond donors (Lipinski definition) is 0. The highest BCUT2D eigenvalue weighted by atomic mass is 16.7. The molecule has 0 unspecified atom stereocenters. The highest BCUT2D eigenvalue weighted by Gasteiger charge is 2.59. The van der Waals surface area contributed by atoms with Crippen molar-refractivity contribution >= 4 is 5.91 Å². The van der Waals surface area contributed by atoms with E-state index in [2.05, 4.69) is 0 Å². The Morgan fingerprint density at radius 1 is 0.647 bits per heavy atom. The van der Waals surface area contributed by atoms with Crippen LogP contribution < -0.4 is 9.47 Å². The van der Waals surface area contributed by atoms with Gasteiger partial charge in [0.1, 0.15) is 17.5 Å². The molecule has 34 heavy (non-hydrogen) atoms. The van der Waals surface area contributed by atoms with Crippen LogP contribution in [0.25, 0.3) is 0 Å². The molecule has 0 atom stereocenters. The van der Waals surface area contributed by atoms with E-state index in [1.807, 2.05) is 109 Å². The molecule has 1 aliphatic rings. The van der Waals surface area contributed by atoms with Crippen LogP contribution in [0.1, 0.15) is 28.3 Å². The van der Waals surface area contributed by atoms with Gasteiger partial charge in [0.05, 0.1) is 14.2 Å². The quantitative estimate of drug-likeness (QED) is 0.372. The Morgan fingerprint density at radius 2 is 1.06 bits per heavy atom. The van der Waals surface area contributed by atoms with Gasteiger partial charge in [-0.25, -0.2) is 9.90 Å². The van der Waals surface area contributed by atoms with Crippen molar-refractivity contribution in [3.63, 3.8) is 0 Å². The Morgan fingerprint density at radius 3 is 1.41 bits per heavy atom. The van der Waals surface area contributed by atoms with E-state index in [9.17, 15) is 4.79 Å². The molecule has 1 fully saturated rings. The first kappa shape index (κ1) is 21.7. The number of carbonyl (C=O) groups is 1. The molecule has 0 aliphatic carbocycles. The van der Waals surface area contributed by atoms with Crippen LogP contribution in [0.4, 0.5) is 0 Å². The van der Waals surface area contributed by atoms with Gasteiger partial charge >= 0.3 is 0 Å². The van der Waals surface area contributed by atoms with Gasteiger partial charge in [0.25, 0.3) is 5.91 Å². The van der Waals surface area contributed by atoms with Crippen LogP contribution in [0.3, 0.4) is 0 Å². The third-order valence-electron chi connectivity index (χ3n) is 6.19. The molecule has 4 aromatic rings. The first-order valence-electron chi connectivity index (χ1n) is 11.1. The summed E-state index contributed by atoms with van der Waals surface area (Å²) in [6.07, 6.45) is 0. The van der Waals surface area contributed by atoms with Crippen molar-refractivity contribution in [2.45, 2.75) is 11.6 Å². The summed E-state index contributed by atoms with van der Waals surface area (Å²) in [5, 5.41) is 1.49. The lowest BCUT2D eigenvalue weighted by molar-refractivity contribution is -0.311. The summed E-state index contributed by atoms with van der Waals surface area (Å²) in [7, 11) is 3.23. The standard InChI is InChI=1S/C29H25NO4/c1-32-25-17-13-23(14-18-25)29(24-15-19-26(33-2)20-16-24)28(31)30(34-29)27(21-9-5-3-6-10-21)22-11-7-4-8-12-22/h3-20,27H,1-2H3. The predicted molar refractivity (Wildman–Crippen MR) is 129 cm³/mol. The average Bonchev–Trinajstić information content (AvgIpc) is 2.92. The fourth-order valence-electron chi connectivity index (χ4n) is 4.42. The zero-order valence-corrected chi connectivity index (χ0v) is 19.0. The molecule has 1 amide bonds. The molecule has 4 aromatic carbocycles. The molecule has 0 N–H and O–H groups in total. The lowest BCUT2D eigenvalue weighted by Crippen LogP contribution is -2.63. The third kappa shape index (κ3) is 3.60. The molecule has 170 valence electrons. The number of amides is 1. The predicted octanol–water partition coefficient (Wildman–Crippen LogP) is 5.51. The van der Waals surface area contributed by atoms with E-state index < -0.39 is 5.60 Å². The Labute approximate surface area is 199 Å². The van der Waals surface area contributed by atoms with Gasteiger partial charge in [-0.05, 0) is 35.4 Å². The molecule has 0 bridgehead atoms. The topological polar surface area (TPSA) is 48.0 Å². The van der Waals surface area contributed by atoms with E-state index in [-0.39, 0.29) is 11.9 Å². The minimum atomic E-state index is -1.26. The SMILES string of the molecule is COc1ccc(C2(c3ccc(OC)cc3)ON(C(c3ccccc3)c3ccccc3)C2=O)cc1. The maximum absolute atomic E-state index is 14.1. The minimum absolute atomic E-state index is 0.138. The molecule has 5 rings (SSSR count). The summed E-state index contributed by atoms with van der Waals surface area (Å²) >= 11 is 0. The Balaban J connectivity index is 1.59. The lowest BCUT2D eigenvalue weighted by Gasteiger charge is -2.51. The van der Waals surface area contributed by atoms with Crippen molar-refractivity contribution in [1.29, 1.82) is 0 Å². The highest BCUT2D eigenvalue weighted by molar-refractivity contribution is 5.94. The Bertz CT molecular complexity index is 1170. The molecule has 0 radical (unpaired) electrons. The fourth-order valence-corrected chi connectivity index (χ4v) is 4.42. The van der Waals surface area contributed by atoms with E-state index in [1.165, 1.54) is 5.06 Å². The van der Waals surface area contributed by atoms with Crippen molar-refractivity contribution < 1.29 is 19.1 Å². The van der Waals surface area contributed by atoms with Gasteiger partial charge in [-0.2, -0.15) is 0 Å². The van der Waals surface area contributed by atoms with Crippen LogP contribution >= 0.6 is 0 Å². The highest BCUT2D eigenvalue weighted by Crippen LogP contribution is 2.49. The molecular formula is C29H25NO4. The van der Waals surface area contributed by atoms with E-state index in [1.54, 1.807) is 14.2 Å². The van der Waals surface area contributed by atoms with Gasteiger partial charge in [-0.3, -0.25) is 4.79 Å². The van der Waals surface area contributed by atoms with E-state index in [0.29, 0.717) is 11.5 Å². The fraction of sp³-hybridized carbons (Fsp3) is 0.138. The largest absolute Gasteiger partial charge is 0.497 e. The van der Waals surface area contributed by atoms with Gasteiger partial charge in [-0.1, -0.05) is 84.9 Å². The molecule has 5 nitrogen and oxygen atoms in total. The molecule has 1 aliphatic heterocycles. The molecule has 5 heteroatoms. The average molecular weight is 452 g/mol. The maximum atomic E-state index is 14.1. The van der Waals surface area contributed by atoms with Crippen LogP contribution in [0, 0.1) is 0 Å². The van der Waals surface area contributed by atoms with Gasteiger partial charge in [0.15, 0.2) is 0 Å². The number of hydrogen-bond acceptors (Lipinski definition) is 4. The van der Waals surface area contributed by atoms with Crippen molar-refractivity contribution in [3.8, 4) is 11.5 Å². The smallest absolute Gasteiger partial charge is 0.291 e. The normalized spacial score (nSPS) is 14.6. The van der Waals surface area contributed by atoms with E-state index >= 15 is 0 Å². The first-order chi connectivity index (χ1) is 16.7. The van der Waals surface area contributed by atoms with Crippen LogP contribution in [0.15, 0.2) is 109 Å². The molecule has 0 saturated carbocycles. The zero-order chi connectivity index (χ0) is 23.5. The van der Waals surface area contributed by atoms with Gasteiger partial charge in [-0.15, -0.1) is 0 Å². The first-order valence-corrected chi connectivity index (χ1v) is 11.1. The monoisotopic (exact) mass is 451 g/mol. The number of hydroxylamine groups is 2. The molecule has 1 heterocycles. The van der Waals surface area contributed by atoms with Crippen molar-refractivity contribution in [3.05, 3.63) is 131 Å². The maximum Gasteiger partial charge on any atom is 0.291 e. The Kier molecular flexibility index (Phi) is 5.78. The summed E-state index contributed by atoms with van der Waals surface area (Å²) in [4.78, 5) is 20.7. The number of rotatable bonds is 7. The third-order valence-corrected chi connectivity index (χ3v) is 6.19. The van der Waals surface area contributed by atoms with Crippen molar-refractivity contribution in [1.82, 2.24) is 5.06 Å². The molecular weight excluding hydrogens is 426 g/mol. The summed E-state index contributed by atoms with van der Waals surface area (Å²) < 4.78 is 10.6. The van der Waals surface area contributed by atoms with Gasteiger partial charge in [0, 0.05) is 11.1 Å². The number of benzene rings is 4. The summed E-state index contributed by atoms with van der Waals surface area (Å²) in [5.74, 6) is 1.29. The lowest BCUT2D eigenvalue weighted by atomic mass is 9.82. The second-order valence-corrected chi connectivity index (χ2v) is 8.08. The zero-order valence-electron chi connectivity index (χ0n) is 19.0. The van der Waals surface area contributed by atoms with Crippen LogP contribution in [-0.2, 0) is 15.2 Å². The summed E-state index contributed by atoms with van der Waals surface area (Å²) in [6.45, 7) is 0. The number of ether oxygens (including phenoxy) is 2.